The van der Waals surface area contributed by atoms with Crippen LogP contribution >= 0.6 is 0 Å². The summed E-state index contributed by atoms with van der Waals surface area (Å²) in [6.07, 6.45) is 7.77. The third-order valence-electron chi connectivity index (χ3n) is 4.19. The lowest BCUT2D eigenvalue weighted by Crippen LogP contribution is -2.47. The predicted molar refractivity (Wildman–Crippen MR) is 85.2 cm³/mol. The molecule has 0 amide bonds. The number of carbonyl (C=O) groups is 1. The fourth-order valence-corrected chi connectivity index (χ4v) is 4.89. The molecular formula is C17H22O4S. The van der Waals surface area contributed by atoms with E-state index in [1.807, 2.05) is 12.2 Å². The van der Waals surface area contributed by atoms with Crippen LogP contribution in [0.1, 0.15) is 38.5 Å². The minimum Gasteiger partial charge on any atom is -0.468 e. The molecule has 22 heavy (non-hydrogen) atoms. The second kappa shape index (κ2) is 7.09. The van der Waals surface area contributed by atoms with Gasteiger partial charge in [-0.1, -0.05) is 43.2 Å². The molecule has 0 saturated carbocycles. The number of hydrogen-bond donors (Lipinski definition) is 0. The van der Waals surface area contributed by atoms with Crippen molar-refractivity contribution in [2.24, 2.45) is 0 Å². The largest absolute Gasteiger partial charge is 0.468 e. The molecule has 0 heterocycles. The zero-order chi connectivity index (χ0) is 16.1. The Balaban J connectivity index is 2.55. The van der Waals surface area contributed by atoms with Crippen molar-refractivity contribution in [3.8, 4) is 0 Å². The van der Waals surface area contributed by atoms with Crippen LogP contribution in [0.2, 0.25) is 0 Å². The molecule has 0 spiro atoms. The molecule has 1 aromatic rings. The van der Waals surface area contributed by atoms with Crippen molar-refractivity contribution in [2.45, 2.75) is 48.2 Å². The van der Waals surface area contributed by atoms with Crippen molar-refractivity contribution in [3.63, 3.8) is 0 Å². The van der Waals surface area contributed by atoms with Crippen molar-refractivity contribution in [2.75, 3.05) is 7.11 Å². The molecule has 2 rings (SSSR count). The minimum atomic E-state index is -3.82. The van der Waals surface area contributed by atoms with Gasteiger partial charge in [-0.2, -0.15) is 0 Å². The van der Waals surface area contributed by atoms with Crippen molar-refractivity contribution in [1.29, 1.82) is 0 Å². The van der Waals surface area contributed by atoms with Gasteiger partial charge in [0.2, 0.25) is 0 Å². The molecule has 0 aliphatic heterocycles. The predicted octanol–water partition coefficient (Wildman–Crippen LogP) is 3.28. The van der Waals surface area contributed by atoms with Gasteiger partial charge in [-0.15, -0.1) is 0 Å². The molecule has 0 N–H and O–H groups in total. The maximum absolute atomic E-state index is 13.2. The molecule has 4 nitrogen and oxygen atoms in total. The van der Waals surface area contributed by atoms with E-state index in [1.54, 1.807) is 18.2 Å². The van der Waals surface area contributed by atoms with E-state index >= 15 is 0 Å². The van der Waals surface area contributed by atoms with Crippen LogP contribution in [0.5, 0.6) is 0 Å². The van der Waals surface area contributed by atoms with E-state index in [0.717, 1.165) is 19.3 Å². The average Bonchev–Trinajstić information content (AvgIpc) is 2.67. The summed E-state index contributed by atoms with van der Waals surface area (Å²) < 4.78 is 29.7. The SMILES string of the molecule is COC(=O)C1(S(=O)(=O)c2ccccc2)CC=CCCCCC1. The maximum atomic E-state index is 13.2. The Kier molecular flexibility index (Phi) is 5.40. The average molecular weight is 322 g/mol. The summed E-state index contributed by atoms with van der Waals surface area (Å²) in [5, 5.41) is 0. The van der Waals surface area contributed by atoms with Gasteiger partial charge in [-0.3, -0.25) is 4.79 Å². The van der Waals surface area contributed by atoms with Crippen LogP contribution in [0.3, 0.4) is 0 Å². The third-order valence-corrected chi connectivity index (χ3v) is 6.65. The van der Waals surface area contributed by atoms with Crippen molar-refractivity contribution in [1.82, 2.24) is 0 Å². The number of esters is 1. The van der Waals surface area contributed by atoms with Crippen LogP contribution in [0, 0.1) is 0 Å². The van der Waals surface area contributed by atoms with Crippen LogP contribution in [-0.4, -0.2) is 26.2 Å². The van der Waals surface area contributed by atoms with Gasteiger partial charge in [-0.25, -0.2) is 8.42 Å². The minimum absolute atomic E-state index is 0.164. The fraction of sp³-hybridized carbons (Fsp3) is 0.471. The Morgan fingerprint density at radius 2 is 1.82 bits per heavy atom. The van der Waals surface area contributed by atoms with Gasteiger partial charge < -0.3 is 4.74 Å². The first kappa shape index (κ1) is 16.7. The molecule has 0 saturated heterocycles. The normalized spacial score (nSPS) is 23.1. The van der Waals surface area contributed by atoms with E-state index in [2.05, 4.69) is 0 Å². The van der Waals surface area contributed by atoms with Gasteiger partial charge in [0.25, 0.3) is 0 Å². The molecule has 5 heteroatoms. The van der Waals surface area contributed by atoms with E-state index in [4.69, 9.17) is 4.74 Å². The summed E-state index contributed by atoms with van der Waals surface area (Å²) in [6, 6.07) is 8.17. The Morgan fingerprint density at radius 1 is 1.09 bits per heavy atom. The second-order valence-corrected chi connectivity index (χ2v) is 7.84. The standard InChI is InChI=1S/C17H22O4S/c1-21-16(18)17(13-9-4-2-3-5-10-14-17)22(19,20)15-11-7-6-8-12-15/h4,6-9,11-12H,2-3,5,10,13-14H2,1H3. The van der Waals surface area contributed by atoms with E-state index in [0.29, 0.717) is 12.8 Å². The molecule has 0 aromatic heterocycles. The highest BCUT2D eigenvalue weighted by Crippen LogP contribution is 2.36. The Morgan fingerprint density at radius 3 is 2.50 bits per heavy atom. The van der Waals surface area contributed by atoms with Crippen LogP contribution in [0.15, 0.2) is 47.4 Å². The van der Waals surface area contributed by atoms with Crippen LogP contribution in [-0.2, 0) is 19.4 Å². The van der Waals surface area contributed by atoms with E-state index in [1.165, 1.54) is 19.2 Å². The lowest BCUT2D eigenvalue weighted by molar-refractivity contribution is -0.144. The van der Waals surface area contributed by atoms with Crippen molar-refractivity contribution < 1.29 is 17.9 Å². The summed E-state index contributed by atoms with van der Waals surface area (Å²) in [5.74, 6) is -0.664. The highest BCUT2D eigenvalue weighted by atomic mass is 32.2. The second-order valence-electron chi connectivity index (χ2n) is 5.58. The smallest absolute Gasteiger partial charge is 0.327 e. The lowest BCUT2D eigenvalue weighted by Gasteiger charge is -2.29. The van der Waals surface area contributed by atoms with E-state index in [-0.39, 0.29) is 11.3 Å². The Bertz CT molecular complexity index is 634. The van der Waals surface area contributed by atoms with Crippen molar-refractivity contribution in [3.05, 3.63) is 42.5 Å². The molecular weight excluding hydrogens is 300 g/mol. The zero-order valence-corrected chi connectivity index (χ0v) is 13.6. The van der Waals surface area contributed by atoms with Gasteiger partial charge >= 0.3 is 5.97 Å². The summed E-state index contributed by atoms with van der Waals surface area (Å²) in [6.45, 7) is 0. The van der Waals surface area contributed by atoms with Crippen LogP contribution in [0.4, 0.5) is 0 Å². The summed E-state index contributed by atoms with van der Waals surface area (Å²) in [5.41, 5.74) is 0. The summed E-state index contributed by atoms with van der Waals surface area (Å²) in [4.78, 5) is 12.6. The first-order valence-electron chi connectivity index (χ1n) is 7.58. The maximum Gasteiger partial charge on any atom is 0.327 e. The molecule has 1 aliphatic rings. The van der Waals surface area contributed by atoms with Gasteiger partial charge in [0.15, 0.2) is 14.6 Å². The number of carbonyl (C=O) groups excluding carboxylic acids is 1. The fourth-order valence-electron chi connectivity index (χ4n) is 2.89. The number of rotatable bonds is 3. The van der Waals surface area contributed by atoms with Gasteiger partial charge in [0.05, 0.1) is 12.0 Å². The van der Waals surface area contributed by atoms with E-state index < -0.39 is 20.6 Å². The first-order valence-corrected chi connectivity index (χ1v) is 9.06. The molecule has 0 fully saturated rings. The monoisotopic (exact) mass is 322 g/mol. The van der Waals surface area contributed by atoms with Gasteiger partial charge in [0.1, 0.15) is 0 Å². The third kappa shape index (κ3) is 3.09. The highest BCUT2D eigenvalue weighted by Gasteiger charge is 2.51. The molecule has 120 valence electrons. The van der Waals surface area contributed by atoms with Gasteiger partial charge in [0, 0.05) is 0 Å². The van der Waals surface area contributed by atoms with Crippen LogP contribution in [0.25, 0.3) is 0 Å². The molecule has 1 aromatic carbocycles. The quantitative estimate of drug-likeness (QED) is 0.633. The highest BCUT2D eigenvalue weighted by molar-refractivity contribution is 7.93. The van der Waals surface area contributed by atoms with Gasteiger partial charge in [-0.05, 0) is 37.8 Å². The number of hydrogen-bond acceptors (Lipinski definition) is 4. The summed E-state index contributed by atoms with van der Waals surface area (Å²) >= 11 is 0. The Labute approximate surface area is 132 Å². The molecule has 1 unspecified atom stereocenters. The molecule has 0 bridgehead atoms. The number of sulfone groups is 1. The topological polar surface area (TPSA) is 60.4 Å². The molecule has 0 radical (unpaired) electrons. The lowest BCUT2D eigenvalue weighted by atomic mass is 9.97. The van der Waals surface area contributed by atoms with E-state index in [9.17, 15) is 13.2 Å². The number of methoxy groups -OCH3 is 1. The van der Waals surface area contributed by atoms with Crippen LogP contribution < -0.4 is 0 Å². The summed E-state index contributed by atoms with van der Waals surface area (Å²) in [7, 11) is -2.57. The van der Waals surface area contributed by atoms with Crippen molar-refractivity contribution >= 4 is 15.8 Å². The molecule has 1 aliphatic carbocycles. The number of allylic oxidation sites excluding steroid dienone is 2. The Hall–Kier alpha value is -1.62. The molecule has 1 atom stereocenters. The zero-order valence-electron chi connectivity index (χ0n) is 12.8. The number of ether oxygens (including phenoxy) is 1. The first-order chi connectivity index (χ1) is 10.5. The number of benzene rings is 1.